The fraction of sp³-hybridized carbons (Fsp3) is 0.611. The summed E-state index contributed by atoms with van der Waals surface area (Å²) in [6, 6.07) is 10.4. The zero-order valence-electron chi connectivity index (χ0n) is 13.6. The highest BCUT2D eigenvalue weighted by molar-refractivity contribution is 5.76. The number of benzene rings is 1. The average molecular weight is 340 g/mol. The molecule has 1 aromatic carbocycles. The van der Waals surface area contributed by atoms with Crippen molar-refractivity contribution in [2.24, 2.45) is 5.92 Å². The maximum atomic E-state index is 12.4. The maximum absolute atomic E-state index is 12.4. The summed E-state index contributed by atoms with van der Waals surface area (Å²) in [7, 11) is 0. The maximum Gasteiger partial charge on any atom is 0.389 e. The van der Waals surface area contributed by atoms with E-state index in [9.17, 15) is 18.0 Å². The quantitative estimate of drug-likeness (QED) is 0.838. The van der Waals surface area contributed by atoms with E-state index in [4.69, 9.17) is 0 Å². The third kappa shape index (κ3) is 4.50. The molecular formula is C18H23F3N2O. The second-order valence-corrected chi connectivity index (χ2v) is 6.93. The Morgan fingerprint density at radius 3 is 2.54 bits per heavy atom. The molecule has 3 saturated heterocycles. The fourth-order valence-corrected chi connectivity index (χ4v) is 3.80. The average Bonchev–Trinajstić information content (AvgIpc) is 2.85. The van der Waals surface area contributed by atoms with E-state index in [1.165, 1.54) is 5.56 Å². The van der Waals surface area contributed by atoms with Crippen molar-refractivity contribution in [3.05, 3.63) is 35.9 Å². The monoisotopic (exact) mass is 340 g/mol. The molecule has 24 heavy (non-hydrogen) atoms. The van der Waals surface area contributed by atoms with Crippen LogP contribution in [0.2, 0.25) is 0 Å². The largest absolute Gasteiger partial charge is 0.389 e. The van der Waals surface area contributed by atoms with Gasteiger partial charge in [-0.1, -0.05) is 30.3 Å². The molecule has 3 nitrogen and oxygen atoms in total. The lowest BCUT2D eigenvalue weighted by atomic mass is 9.94. The summed E-state index contributed by atoms with van der Waals surface area (Å²) in [6.45, 7) is 2.91. The summed E-state index contributed by atoms with van der Waals surface area (Å²) in [5.41, 5.74) is 1.24. The number of halogens is 3. The summed E-state index contributed by atoms with van der Waals surface area (Å²) >= 11 is 0. The van der Waals surface area contributed by atoms with Crippen molar-refractivity contribution in [2.75, 3.05) is 19.6 Å². The highest BCUT2D eigenvalue weighted by Crippen LogP contribution is 2.30. The van der Waals surface area contributed by atoms with Crippen LogP contribution in [0.5, 0.6) is 0 Å². The molecule has 3 fully saturated rings. The molecule has 3 aliphatic heterocycles. The molecule has 6 heteroatoms. The first-order valence-corrected chi connectivity index (χ1v) is 8.53. The number of hydrogen-bond donors (Lipinski definition) is 0. The van der Waals surface area contributed by atoms with Crippen molar-refractivity contribution in [3.63, 3.8) is 0 Å². The van der Waals surface area contributed by atoms with Crippen LogP contribution in [-0.2, 0) is 11.3 Å². The smallest absolute Gasteiger partial charge is 0.341 e. The van der Waals surface area contributed by atoms with Crippen molar-refractivity contribution < 1.29 is 18.0 Å². The molecule has 3 aliphatic rings. The van der Waals surface area contributed by atoms with Crippen LogP contribution in [0.15, 0.2) is 30.3 Å². The Hall–Kier alpha value is -1.56. The minimum absolute atomic E-state index is 0.249. The van der Waals surface area contributed by atoms with Gasteiger partial charge in [-0.2, -0.15) is 13.2 Å². The predicted octanol–water partition coefficient (Wildman–Crippen LogP) is 3.45. The summed E-state index contributed by atoms with van der Waals surface area (Å²) in [5.74, 6) is 0.00749. The van der Waals surface area contributed by atoms with Crippen molar-refractivity contribution in [3.8, 4) is 0 Å². The Morgan fingerprint density at radius 2 is 1.83 bits per heavy atom. The Labute approximate surface area is 140 Å². The molecule has 3 heterocycles. The second-order valence-electron chi connectivity index (χ2n) is 6.93. The zero-order chi connectivity index (χ0) is 17.2. The van der Waals surface area contributed by atoms with Crippen LogP contribution in [0.4, 0.5) is 13.2 Å². The minimum atomic E-state index is -4.26. The first-order valence-electron chi connectivity index (χ1n) is 8.53. The molecule has 4 rings (SSSR count). The van der Waals surface area contributed by atoms with Gasteiger partial charge in [-0.05, 0) is 24.3 Å². The number of fused-ring (bicyclic) bond motifs is 4. The molecule has 0 saturated carbocycles. The van der Waals surface area contributed by atoms with E-state index in [0.717, 1.165) is 25.9 Å². The van der Waals surface area contributed by atoms with Gasteiger partial charge in [0.2, 0.25) is 5.91 Å². The number of piperidine rings is 1. The van der Waals surface area contributed by atoms with Crippen LogP contribution in [0, 0.1) is 5.92 Å². The molecule has 1 amide bonds. The van der Waals surface area contributed by atoms with Crippen LogP contribution in [0.3, 0.4) is 0 Å². The molecule has 1 aromatic rings. The Kier molecular flexibility index (Phi) is 5.13. The number of carbonyl (C=O) groups is 1. The third-order valence-electron chi connectivity index (χ3n) is 5.03. The van der Waals surface area contributed by atoms with Crippen molar-refractivity contribution in [1.82, 2.24) is 9.80 Å². The third-order valence-corrected chi connectivity index (χ3v) is 5.03. The second kappa shape index (κ2) is 7.13. The minimum Gasteiger partial charge on any atom is -0.341 e. The van der Waals surface area contributed by atoms with Crippen LogP contribution >= 0.6 is 0 Å². The molecule has 0 N–H and O–H groups in total. The first kappa shape index (κ1) is 17.3. The number of rotatable bonds is 4. The summed E-state index contributed by atoms with van der Waals surface area (Å²) in [4.78, 5) is 16.2. The highest BCUT2D eigenvalue weighted by Gasteiger charge is 2.37. The van der Waals surface area contributed by atoms with Crippen LogP contribution < -0.4 is 0 Å². The summed E-state index contributed by atoms with van der Waals surface area (Å²) in [6.07, 6.45) is -3.65. The van der Waals surface area contributed by atoms with Crippen LogP contribution in [0.1, 0.15) is 31.2 Å². The Balaban J connectivity index is 1.61. The van der Waals surface area contributed by atoms with Gasteiger partial charge in [0, 0.05) is 38.6 Å². The van der Waals surface area contributed by atoms with E-state index in [2.05, 4.69) is 17.0 Å². The molecule has 2 atom stereocenters. The fourth-order valence-electron chi connectivity index (χ4n) is 3.80. The molecule has 0 unspecified atom stereocenters. The van der Waals surface area contributed by atoms with Gasteiger partial charge in [0.15, 0.2) is 0 Å². The van der Waals surface area contributed by atoms with Gasteiger partial charge in [0.1, 0.15) is 0 Å². The Bertz CT molecular complexity index is 561. The zero-order valence-corrected chi connectivity index (χ0v) is 13.6. The summed E-state index contributed by atoms with van der Waals surface area (Å²) < 4.78 is 37.1. The summed E-state index contributed by atoms with van der Waals surface area (Å²) in [5, 5.41) is 0. The lowest BCUT2D eigenvalue weighted by molar-refractivity contribution is -0.149. The van der Waals surface area contributed by atoms with E-state index >= 15 is 0 Å². The molecule has 0 spiro atoms. The lowest BCUT2D eigenvalue weighted by Gasteiger charge is -2.36. The molecule has 2 bridgehead atoms. The highest BCUT2D eigenvalue weighted by atomic mass is 19.4. The van der Waals surface area contributed by atoms with Crippen molar-refractivity contribution in [2.45, 2.75) is 44.4 Å². The molecule has 0 radical (unpaired) electrons. The normalized spacial score (nSPS) is 24.9. The number of nitrogens with zero attached hydrogens (tertiary/aromatic N) is 2. The predicted molar refractivity (Wildman–Crippen MR) is 85.2 cm³/mol. The standard InChI is InChI=1S/C18H23F3N2O/c19-18(20,21)9-8-17(24)23-12-15-6-7-16(13-23)22(11-15)10-14-4-2-1-3-5-14/h1-5,15-16H,6-13H2/t15-,16-/m0/s1. The molecule has 132 valence electrons. The van der Waals surface area contributed by atoms with Gasteiger partial charge in [-0.15, -0.1) is 0 Å². The molecule has 0 aliphatic carbocycles. The van der Waals surface area contributed by atoms with E-state index in [1.807, 2.05) is 18.2 Å². The van der Waals surface area contributed by atoms with Crippen molar-refractivity contribution >= 4 is 5.91 Å². The number of alkyl halides is 3. The van der Waals surface area contributed by atoms with Gasteiger partial charge in [-0.25, -0.2) is 0 Å². The van der Waals surface area contributed by atoms with Crippen LogP contribution in [0.25, 0.3) is 0 Å². The van der Waals surface area contributed by atoms with E-state index in [0.29, 0.717) is 19.0 Å². The Morgan fingerprint density at radius 1 is 1.08 bits per heavy atom. The van der Waals surface area contributed by atoms with E-state index in [1.54, 1.807) is 4.90 Å². The SMILES string of the molecule is O=C(CCC(F)(F)F)N1C[C@H]2CC[C@@H](C1)N(Cc1ccccc1)C2. The van der Waals surface area contributed by atoms with Gasteiger partial charge >= 0.3 is 6.18 Å². The van der Waals surface area contributed by atoms with Gasteiger partial charge in [-0.3, -0.25) is 9.69 Å². The molecular weight excluding hydrogens is 317 g/mol. The first-order chi connectivity index (χ1) is 11.4. The topological polar surface area (TPSA) is 23.6 Å². The number of carbonyl (C=O) groups excluding carboxylic acids is 1. The van der Waals surface area contributed by atoms with Crippen molar-refractivity contribution in [1.29, 1.82) is 0 Å². The lowest BCUT2D eigenvalue weighted by Crippen LogP contribution is -2.44. The number of amides is 1. The number of hydrogen-bond acceptors (Lipinski definition) is 2. The van der Waals surface area contributed by atoms with Gasteiger partial charge < -0.3 is 4.90 Å². The van der Waals surface area contributed by atoms with E-state index < -0.39 is 19.0 Å². The van der Waals surface area contributed by atoms with E-state index in [-0.39, 0.29) is 11.9 Å². The van der Waals surface area contributed by atoms with Gasteiger partial charge in [0.05, 0.1) is 6.42 Å². The van der Waals surface area contributed by atoms with Gasteiger partial charge in [0.25, 0.3) is 0 Å². The van der Waals surface area contributed by atoms with Crippen LogP contribution in [-0.4, -0.2) is 47.6 Å². The molecule has 0 aromatic heterocycles.